The second-order valence-electron chi connectivity index (χ2n) is 9.47. The lowest BCUT2D eigenvalue weighted by Gasteiger charge is -2.38. The molecule has 0 radical (unpaired) electrons. The summed E-state index contributed by atoms with van der Waals surface area (Å²) < 4.78 is 35.4. The molecule has 2 unspecified atom stereocenters. The second-order valence-corrected chi connectivity index (χ2v) is 9.47. The highest BCUT2D eigenvalue weighted by Gasteiger charge is 2.33. The maximum atomic E-state index is 14.8. The number of hydrogen-bond donors (Lipinski definition) is 2. The molecule has 3 nitrogen and oxygen atoms in total. The van der Waals surface area contributed by atoms with Crippen molar-refractivity contribution in [2.24, 2.45) is 11.3 Å². The highest BCUT2D eigenvalue weighted by molar-refractivity contribution is 5.33. The Kier molecular flexibility index (Phi) is 6.21. The van der Waals surface area contributed by atoms with Crippen molar-refractivity contribution in [2.75, 3.05) is 0 Å². The molecule has 2 N–H and O–H groups in total. The van der Waals surface area contributed by atoms with Gasteiger partial charge in [0, 0.05) is 36.0 Å². The van der Waals surface area contributed by atoms with Crippen molar-refractivity contribution in [1.82, 2.24) is 10.6 Å². The van der Waals surface area contributed by atoms with Gasteiger partial charge in [0.15, 0.2) is 11.6 Å². The average molecular weight is 393 g/mol. The van der Waals surface area contributed by atoms with Gasteiger partial charge < -0.3 is 15.4 Å². The first-order chi connectivity index (χ1) is 13.2. The van der Waals surface area contributed by atoms with Gasteiger partial charge in [-0.2, -0.15) is 0 Å². The van der Waals surface area contributed by atoms with Crippen molar-refractivity contribution in [1.29, 1.82) is 0 Å². The summed E-state index contributed by atoms with van der Waals surface area (Å²) in [5, 5.41) is 6.59. The van der Waals surface area contributed by atoms with Crippen molar-refractivity contribution in [3.63, 3.8) is 0 Å². The Morgan fingerprint density at radius 3 is 2.64 bits per heavy atom. The molecule has 5 heteroatoms. The third-order valence-corrected chi connectivity index (χ3v) is 6.01. The molecule has 28 heavy (non-hydrogen) atoms. The van der Waals surface area contributed by atoms with Gasteiger partial charge in [0.2, 0.25) is 0 Å². The molecule has 4 atom stereocenters. The summed E-state index contributed by atoms with van der Waals surface area (Å²) in [4.78, 5) is 0. The van der Waals surface area contributed by atoms with E-state index >= 15 is 0 Å². The van der Waals surface area contributed by atoms with Crippen LogP contribution in [0.3, 0.4) is 0 Å². The summed E-state index contributed by atoms with van der Waals surface area (Å²) in [6.07, 6.45) is 6.64. The minimum absolute atomic E-state index is 0.0242. The van der Waals surface area contributed by atoms with Gasteiger partial charge in [-0.15, -0.1) is 0 Å². The molecule has 0 spiro atoms. The van der Waals surface area contributed by atoms with E-state index in [1.54, 1.807) is 0 Å². The fraction of sp³-hybridized carbons (Fsp3) is 0.652. The third-order valence-electron chi connectivity index (χ3n) is 6.01. The molecule has 1 aliphatic heterocycles. The second kappa shape index (κ2) is 8.30. The predicted molar refractivity (Wildman–Crippen MR) is 109 cm³/mol. The number of hydrogen-bond acceptors (Lipinski definition) is 3. The lowest BCUT2D eigenvalue weighted by Crippen LogP contribution is -2.34. The summed E-state index contributed by atoms with van der Waals surface area (Å²) in [6, 6.07) is 2.58. The standard InChI is InChI=1S/C23H34F2N2O/c1-6-16-8-17(13-26-16)27-15(3)19-9-21(25)22(10-20(19)24)28-18-7-14(2)11-23(4,5)12-18/h9-10,13-16,18,26-27H,6-8,11-12H2,1-5H3/t14-,15?,16?,18+/m1/s1. The molecule has 1 fully saturated rings. The molecule has 156 valence electrons. The van der Waals surface area contributed by atoms with Crippen LogP contribution in [-0.2, 0) is 0 Å². The van der Waals surface area contributed by atoms with E-state index in [4.69, 9.17) is 4.74 Å². The largest absolute Gasteiger partial charge is 0.487 e. The molecule has 2 aliphatic rings. The molecule has 1 saturated carbocycles. The van der Waals surface area contributed by atoms with Crippen LogP contribution in [-0.4, -0.2) is 12.1 Å². The van der Waals surface area contributed by atoms with Crippen LogP contribution < -0.4 is 15.4 Å². The van der Waals surface area contributed by atoms with Crippen molar-refractivity contribution in [2.45, 2.75) is 84.9 Å². The van der Waals surface area contributed by atoms with Crippen molar-refractivity contribution in [3.8, 4) is 5.75 Å². The molecular weight excluding hydrogens is 358 g/mol. The molecule has 1 heterocycles. The Morgan fingerprint density at radius 1 is 1.25 bits per heavy atom. The van der Waals surface area contributed by atoms with Crippen LogP contribution in [0.15, 0.2) is 24.0 Å². The minimum Gasteiger partial charge on any atom is -0.487 e. The van der Waals surface area contributed by atoms with E-state index < -0.39 is 11.6 Å². The van der Waals surface area contributed by atoms with E-state index in [0.717, 1.165) is 37.8 Å². The van der Waals surface area contributed by atoms with Crippen LogP contribution in [0.4, 0.5) is 8.78 Å². The Hall–Kier alpha value is -1.78. The molecular formula is C23H34F2N2O. The summed E-state index contributed by atoms with van der Waals surface area (Å²) in [5.41, 5.74) is 1.51. The van der Waals surface area contributed by atoms with Crippen LogP contribution in [0.2, 0.25) is 0 Å². The number of halogens is 2. The molecule has 0 amide bonds. The molecule has 3 rings (SSSR count). The molecule has 1 aliphatic carbocycles. The van der Waals surface area contributed by atoms with Gasteiger partial charge >= 0.3 is 0 Å². The SMILES string of the molecule is CCC1CC(NC(C)c2cc(F)c(O[C@H]3C[C@@H](C)CC(C)(C)C3)cc2F)=CN1. The fourth-order valence-corrected chi connectivity index (χ4v) is 4.81. The molecule has 0 bridgehead atoms. The van der Waals surface area contributed by atoms with Crippen molar-refractivity contribution >= 4 is 0 Å². The minimum atomic E-state index is -0.494. The molecule has 1 aromatic carbocycles. The maximum absolute atomic E-state index is 14.8. The van der Waals surface area contributed by atoms with Crippen LogP contribution in [0, 0.1) is 23.0 Å². The van der Waals surface area contributed by atoms with Crippen LogP contribution in [0.1, 0.15) is 78.3 Å². The van der Waals surface area contributed by atoms with Gasteiger partial charge in [0.05, 0.1) is 12.1 Å². The number of nitrogens with one attached hydrogen (secondary N) is 2. The zero-order valence-electron chi connectivity index (χ0n) is 17.7. The first kappa shape index (κ1) is 20.9. The van der Waals surface area contributed by atoms with Gasteiger partial charge in [-0.05, 0) is 50.0 Å². The van der Waals surface area contributed by atoms with Gasteiger partial charge in [-0.25, -0.2) is 8.78 Å². The monoisotopic (exact) mass is 392 g/mol. The van der Waals surface area contributed by atoms with E-state index in [1.165, 1.54) is 12.1 Å². The van der Waals surface area contributed by atoms with E-state index in [0.29, 0.717) is 17.5 Å². The maximum Gasteiger partial charge on any atom is 0.165 e. The number of benzene rings is 1. The van der Waals surface area contributed by atoms with Gasteiger partial charge in [0.25, 0.3) is 0 Å². The molecule has 1 aromatic rings. The summed E-state index contributed by atoms with van der Waals surface area (Å²) in [7, 11) is 0. The quantitative estimate of drug-likeness (QED) is 0.640. The van der Waals surface area contributed by atoms with Gasteiger partial charge in [-0.3, -0.25) is 0 Å². The topological polar surface area (TPSA) is 33.3 Å². The van der Waals surface area contributed by atoms with Crippen LogP contribution >= 0.6 is 0 Å². The summed E-state index contributed by atoms with van der Waals surface area (Å²) in [5.74, 6) is -0.384. The van der Waals surface area contributed by atoms with Crippen molar-refractivity contribution in [3.05, 3.63) is 41.2 Å². The average Bonchev–Trinajstić information content (AvgIpc) is 3.03. The number of rotatable bonds is 6. The Morgan fingerprint density at radius 2 is 2.00 bits per heavy atom. The highest BCUT2D eigenvalue weighted by atomic mass is 19.1. The first-order valence-electron chi connectivity index (χ1n) is 10.5. The lowest BCUT2D eigenvalue weighted by atomic mass is 9.71. The van der Waals surface area contributed by atoms with Gasteiger partial charge in [0.1, 0.15) is 5.82 Å². The van der Waals surface area contributed by atoms with E-state index in [2.05, 4.69) is 38.3 Å². The normalized spacial score (nSPS) is 27.7. The van der Waals surface area contributed by atoms with Crippen LogP contribution in [0.5, 0.6) is 5.75 Å². The summed E-state index contributed by atoms with van der Waals surface area (Å²) in [6.45, 7) is 10.6. The van der Waals surface area contributed by atoms with Crippen LogP contribution in [0.25, 0.3) is 0 Å². The Balaban J connectivity index is 1.69. The van der Waals surface area contributed by atoms with E-state index in [9.17, 15) is 8.78 Å². The fourth-order valence-electron chi connectivity index (χ4n) is 4.81. The van der Waals surface area contributed by atoms with E-state index in [-0.39, 0.29) is 23.3 Å². The smallest absolute Gasteiger partial charge is 0.165 e. The molecule has 0 aromatic heterocycles. The van der Waals surface area contributed by atoms with E-state index in [1.807, 2.05) is 13.1 Å². The Bertz CT molecular complexity index is 732. The third kappa shape index (κ3) is 4.98. The molecule has 0 saturated heterocycles. The Labute approximate surface area is 167 Å². The highest BCUT2D eigenvalue weighted by Crippen LogP contribution is 2.40. The zero-order valence-corrected chi connectivity index (χ0v) is 17.7. The summed E-state index contributed by atoms with van der Waals surface area (Å²) >= 11 is 0. The predicted octanol–water partition coefficient (Wildman–Crippen LogP) is 5.82. The van der Waals surface area contributed by atoms with Crippen molar-refractivity contribution < 1.29 is 13.5 Å². The van der Waals surface area contributed by atoms with Gasteiger partial charge in [-0.1, -0.05) is 27.7 Å². The zero-order chi connectivity index (χ0) is 20.5. The number of ether oxygens (including phenoxy) is 1. The lowest BCUT2D eigenvalue weighted by molar-refractivity contribution is 0.0533. The first-order valence-corrected chi connectivity index (χ1v) is 10.5.